The lowest BCUT2D eigenvalue weighted by atomic mass is 10.1. The molecule has 0 amide bonds. The van der Waals surface area contributed by atoms with E-state index in [-0.39, 0.29) is 0 Å². The smallest absolute Gasteiger partial charge is 0.321 e. The molecule has 3 heterocycles. The second kappa shape index (κ2) is 8.77. The molecule has 30 heavy (non-hydrogen) atoms. The number of nitrogens with zero attached hydrogens (tertiary/aromatic N) is 4. The number of para-hydroxylation sites is 1. The summed E-state index contributed by atoms with van der Waals surface area (Å²) in [6.07, 6.45) is 5.70. The third-order valence-corrected chi connectivity index (χ3v) is 6.34. The van der Waals surface area contributed by atoms with Crippen LogP contribution >= 0.6 is 11.3 Å². The maximum absolute atomic E-state index is 5.66. The zero-order valence-electron chi connectivity index (χ0n) is 16.6. The number of piperidine rings is 1. The number of thiazole rings is 1. The predicted molar refractivity (Wildman–Crippen MR) is 120 cm³/mol. The van der Waals surface area contributed by atoms with Gasteiger partial charge in [-0.1, -0.05) is 35.6 Å². The average Bonchev–Trinajstić information content (AvgIpc) is 3.24. The molecule has 1 atom stereocenters. The average molecular weight is 418 g/mol. The van der Waals surface area contributed by atoms with Crippen molar-refractivity contribution in [1.29, 1.82) is 0 Å². The van der Waals surface area contributed by atoms with Gasteiger partial charge in [0, 0.05) is 38.1 Å². The molecule has 5 rings (SSSR count). The minimum atomic E-state index is 0.362. The van der Waals surface area contributed by atoms with Crippen molar-refractivity contribution in [2.45, 2.75) is 25.4 Å². The van der Waals surface area contributed by atoms with E-state index in [1.807, 2.05) is 12.1 Å². The van der Waals surface area contributed by atoms with Crippen molar-refractivity contribution in [1.82, 2.24) is 20.3 Å². The molecule has 4 aromatic rings. The number of nitrogens with one attached hydrogen (secondary N) is 1. The summed E-state index contributed by atoms with van der Waals surface area (Å²) in [6, 6.07) is 19.0. The highest BCUT2D eigenvalue weighted by molar-refractivity contribution is 7.22. The van der Waals surface area contributed by atoms with Gasteiger partial charge in [-0.2, -0.15) is 0 Å². The molecule has 1 unspecified atom stereocenters. The third kappa shape index (κ3) is 4.42. The first-order valence-electron chi connectivity index (χ1n) is 10.2. The van der Waals surface area contributed by atoms with Gasteiger partial charge in [-0.25, -0.2) is 15.0 Å². The van der Waals surface area contributed by atoms with Crippen LogP contribution in [0.5, 0.6) is 11.8 Å². The largest absolute Gasteiger partial charge is 0.424 e. The van der Waals surface area contributed by atoms with E-state index in [1.54, 1.807) is 29.8 Å². The first-order chi connectivity index (χ1) is 14.8. The number of ether oxygens (including phenoxy) is 1. The molecule has 0 bridgehead atoms. The number of aromatic nitrogens is 3. The van der Waals surface area contributed by atoms with Gasteiger partial charge < -0.3 is 15.0 Å². The summed E-state index contributed by atoms with van der Waals surface area (Å²) in [5.74, 6) is 0.740. The Balaban J connectivity index is 1.17. The third-order valence-electron chi connectivity index (χ3n) is 5.24. The summed E-state index contributed by atoms with van der Waals surface area (Å²) in [5, 5.41) is 4.84. The number of fused-ring (bicyclic) bond motifs is 1. The molecule has 0 spiro atoms. The molecule has 1 N–H and O–H groups in total. The molecule has 2 aromatic heterocycles. The maximum atomic E-state index is 5.66. The Morgan fingerprint density at radius 2 is 1.87 bits per heavy atom. The summed E-state index contributed by atoms with van der Waals surface area (Å²) in [7, 11) is 0. The Morgan fingerprint density at radius 3 is 2.70 bits per heavy atom. The highest BCUT2D eigenvalue weighted by Gasteiger charge is 2.22. The van der Waals surface area contributed by atoms with Gasteiger partial charge in [0.25, 0.3) is 0 Å². The van der Waals surface area contributed by atoms with Crippen LogP contribution in [0.2, 0.25) is 0 Å². The zero-order chi connectivity index (χ0) is 20.2. The van der Waals surface area contributed by atoms with Crippen molar-refractivity contribution in [3.63, 3.8) is 0 Å². The molecular formula is C23H23N5OS. The maximum Gasteiger partial charge on any atom is 0.321 e. The van der Waals surface area contributed by atoms with Crippen molar-refractivity contribution in [3.05, 3.63) is 72.6 Å². The summed E-state index contributed by atoms with van der Waals surface area (Å²) >= 11 is 1.79. The van der Waals surface area contributed by atoms with Gasteiger partial charge in [0.1, 0.15) is 5.75 Å². The number of hydrogen-bond donors (Lipinski definition) is 1. The van der Waals surface area contributed by atoms with Crippen LogP contribution in [-0.2, 0) is 6.54 Å². The fourth-order valence-corrected chi connectivity index (χ4v) is 4.69. The van der Waals surface area contributed by atoms with E-state index in [4.69, 9.17) is 9.72 Å². The number of hydrogen-bond acceptors (Lipinski definition) is 7. The SMILES string of the molecule is c1cnc(Oc2ccc(CNC3CCCN(c4nc5ccccc5s4)C3)cc2)nc1. The van der Waals surface area contributed by atoms with Gasteiger partial charge in [0.05, 0.1) is 10.2 Å². The van der Waals surface area contributed by atoms with Crippen LogP contribution in [0.25, 0.3) is 10.2 Å². The molecule has 2 aromatic carbocycles. The van der Waals surface area contributed by atoms with Gasteiger partial charge in [-0.15, -0.1) is 0 Å². The Kier molecular flexibility index (Phi) is 5.54. The van der Waals surface area contributed by atoms with Crippen LogP contribution in [0.1, 0.15) is 18.4 Å². The van der Waals surface area contributed by atoms with E-state index < -0.39 is 0 Å². The predicted octanol–water partition coefficient (Wildman–Crippen LogP) is 4.64. The van der Waals surface area contributed by atoms with Gasteiger partial charge in [-0.05, 0) is 48.7 Å². The molecule has 1 aliphatic heterocycles. The van der Waals surface area contributed by atoms with Gasteiger partial charge >= 0.3 is 6.01 Å². The fourth-order valence-electron chi connectivity index (χ4n) is 3.69. The summed E-state index contributed by atoms with van der Waals surface area (Å²) in [6.45, 7) is 2.90. The first kappa shape index (κ1) is 19.0. The summed E-state index contributed by atoms with van der Waals surface area (Å²) in [5.41, 5.74) is 2.32. The molecule has 1 aliphatic rings. The summed E-state index contributed by atoms with van der Waals surface area (Å²) < 4.78 is 6.92. The van der Waals surface area contributed by atoms with Crippen molar-refractivity contribution < 1.29 is 4.74 Å². The van der Waals surface area contributed by atoms with Crippen LogP contribution in [-0.4, -0.2) is 34.1 Å². The second-order valence-electron chi connectivity index (χ2n) is 7.41. The molecule has 1 saturated heterocycles. The number of rotatable bonds is 6. The molecule has 152 valence electrons. The van der Waals surface area contributed by atoms with E-state index in [2.05, 4.69) is 56.6 Å². The van der Waals surface area contributed by atoms with Crippen molar-refractivity contribution >= 4 is 26.7 Å². The van der Waals surface area contributed by atoms with E-state index in [1.165, 1.54) is 23.1 Å². The Labute approximate surface area is 179 Å². The van der Waals surface area contributed by atoms with Crippen LogP contribution in [0.15, 0.2) is 67.0 Å². The molecule has 1 fully saturated rings. The molecular weight excluding hydrogens is 394 g/mol. The van der Waals surface area contributed by atoms with Gasteiger partial charge in [0.2, 0.25) is 0 Å². The minimum absolute atomic E-state index is 0.362. The molecule has 0 aliphatic carbocycles. The van der Waals surface area contributed by atoms with E-state index in [0.717, 1.165) is 36.0 Å². The van der Waals surface area contributed by atoms with Crippen molar-refractivity contribution in [2.75, 3.05) is 18.0 Å². The molecule has 7 heteroatoms. The lowest BCUT2D eigenvalue weighted by molar-refractivity contribution is 0.421. The molecule has 0 saturated carbocycles. The normalized spacial score (nSPS) is 16.7. The van der Waals surface area contributed by atoms with Gasteiger partial charge in [-0.3, -0.25) is 0 Å². The minimum Gasteiger partial charge on any atom is -0.424 e. The summed E-state index contributed by atoms with van der Waals surface area (Å²) in [4.78, 5) is 15.4. The Hall–Kier alpha value is -3.03. The standard InChI is InChI=1S/C23H23N5OS/c1-2-7-21-20(6-1)27-23(30-21)28-14-3-5-18(16-28)26-15-17-8-10-19(11-9-17)29-22-24-12-4-13-25-22/h1-2,4,6-13,18,26H,3,5,14-16H2. The quantitative estimate of drug-likeness (QED) is 0.493. The van der Waals surface area contributed by atoms with E-state index >= 15 is 0 Å². The monoisotopic (exact) mass is 417 g/mol. The van der Waals surface area contributed by atoms with E-state index in [0.29, 0.717) is 12.1 Å². The van der Waals surface area contributed by atoms with Crippen LogP contribution < -0.4 is 15.0 Å². The highest BCUT2D eigenvalue weighted by Crippen LogP contribution is 2.30. The van der Waals surface area contributed by atoms with Crippen LogP contribution in [0, 0.1) is 0 Å². The Bertz CT molecular complexity index is 1070. The van der Waals surface area contributed by atoms with Gasteiger partial charge in [0.15, 0.2) is 5.13 Å². The highest BCUT2D eigenvalue weighted by atomic mass is 32.1. The molecule has 6 nitrogen and oxygen atoms in total. The number of benzene rings is 2. The zero-order valence-corrected chi connectivity index (χ0v) is 17.4. The van der Waals surface area contributed by atoms with E-state index in [9.17, 15) is 0 Å². The molecule has 0 radical (unpaired) electrons. The topological polar surface area (TPSA) is 63.2 Å². The Morgan fingerprint density at radius 1 is 1.03 bits per heavy atom. The first-order valence-corrected chi connectivity index (χ1v) is 11.0. The lowest BCUT2D eigenvalue weighted by Crippen LogP contribution is -2.45. The van der Waals surface area contributed by atoms with Crippen LogP contribution in [0.3, 0.4) is 0 Å². The van der Waals surface area contributed by atoms with Crippen molar-refractivity contribution in [3.8, 4) is 11.8 Å². The second-order valence-corrected chi connectivity index (χ2v) is 8.42. The number of anilines is 1. The fraction of sp³-hybridized carbons (Fsp3) is 0.261. The van der Waals surface area contributed by atoms with Crippen molar-refractivity contribution in [2.24, 2.45) is 0 Å². The lowest BCUT2D eigenvalue weighted by Gasteiger charge is -2.33. The van der Waals surface area contributed by atoms with Crippen LogP contribution in [0.4, 0.5) is 5.13 Å².